The Labute approximate surface area is 130 Å². The lowest BCUT2D eigenvalue weighted by Crippen LogP contribution is -2.22. The van der Waals surface area contributed by atoms with Crippen LogP contribution in [-0.2, 0) is 23.1 Å². The van der Waals surface area contributed by atoms with Crippen LogP contribution in [0.25, 0.3) is 0 Å². The van der Waals surface area contributed by atoms with Crippen molar-refractivity contribution in [1.82, 2.24) is 10.0 Å². The quantitative estimate of drug-likeness (QED) is 0.776. The van der Waals surface area contributed by atoms with E-state index in [1.807, 2.05) is 6.92 Å². The van der Waals surface area contributed by atoms with E-state index < -0.39 is 10.0 Å². The van der Waals surface area contributed by atoms with Crippen LogP contribution in [0.5, 0.6) is 0 Å². The van der Waals surface area contributed by atoms with Crippen molar-refractivity contribution in [3.63, 3.8) is 0 Å². The minimum absolute atomic E-state index is 0.212. The molecule has 2 aromatic heterocycles. The van der Waals surface area contributed by atoms with Crippen LogP contribution in [0.4, 0.5) is 0 Å². The lowest BCUT2D eigenvalue weighted by molar-refractivity contribution is 0.561. The van der Waals surface area contributed by atoms with Crippen LogP contribution in [-0.4, -0.2) is 15.0 Å². The zero-order valence-corrected chi connectivity index (χ0v) is 14.1. The largest absolute Gasteiger partial charge is 0.472 e. The molecule has 110 valence electrons. The topological polar surface area (TPSA) is 71.3 Å². The molecule has 0 amide bonds. The van der Waals surface area contributed by atoms with Crippen molar-refractivity contribution < 1.29 is 12.8 Å². The Morgan fingerprint density at radius 3 is 2.85 bits per heavy atom. The first-order valence-electron chi connectivity index (χ1n) is 6.02. The zero-order chi connectivity index (χ0) is 14.6. The highest BCUT2D eigenvalue weighted by atomic mass is 79.9. The van der Waals surface area contributed by atoms with Crippen LogP contribution in [0.1, 0.15) is 17.4 Å². The second-order valence-corrected chi connectivity index (χ2v) is 8.28. The average molecular weight is 379 g/mol. The van der Waals surface area contributed by atoms with Gasteiger partial charge in [-0.2, -0.15) is 0 Å². The molecule has 0 unspecified atom stereocenters. The van der Waals surface area contributed by atoms with E-state index in [0.29, 0.717) is 10.3 Å². The third kappa shape index (κ3) is 3.92. The molecular weight excluding hydrogens is 364 g/mol. The normalized spacial score (nSPS) is 11.9. The van der Waals surface area contributed by atoms with Gasteiger partial charge in [-0.05, 0) is 34.6 Å². The second-order valence-electron chi connectivity index (χ2n) is 4.09. The molecule has 0 aliphatic carbocycles. The Hall–Kier alpha value is -0.670. The molecule has 0 saturated carbocycles. The van der Waals surface area contributed by atoms with E-state index in [1.54, 1.807) is 12.1 Å². The molecular formula is C12H15BrN2O3S2. The molecule has 0 atom stereocenters. The van der Waals surface area contributed by atoms with E-state index in [-0.39, 0.29) is 11.4 Å². The van der Waals surface area contributed by atoms with Gasteiger partial charge in [-0.25, -0.2) is 13.1 Å². The minimum atomic E-state index is -3.53. The van der Waals surface area contributed by atoms with Gasteiger partial charge in [0.05, 0.1) is 16.3 Å². The number of nitrogens with one attached hydrogen (secondary N) is 2. The molecule has 0 spiro atoms. The summed E-state index contributed by atoms with van der Waals surface area (Å²) >= 11 is 4.74. The molecule has 0 bridgehead atoms. The predicted octanol–water partition coefficient (Wildman–Crippen LogP) is 2.69. The first-order valence-corrected chi connectivity index (χ1v) is 9.12. The molecule has 2 aromatic rings. The van der Waals surface area contributed by atoms with Gasteiger partial charge in [0.25, 0.3) is 0 Å². The SMILES string of the molecule is CCNCc1cc(S(=O)(=O)NCc2ccoc2)c(Br)s1. The second kappa shape index (κ2) is 6.86. The number of thiophene rings is 1. The van der Waals surface area contributed by atoms with Crippen molar-refractivity contribution in [3.05, 3.63) is 38.9 Å². The van der Waals surface area contributed by atoms with Gasteiger partial charge in [0.2, 0.25) is 10.0 Å². The van der Waals surface area contributed by atoms with Crippen LogP contribution in [0, 0.1) is 0 Å². The molecule has 5 nitrogen and oxygen atoms in total. The monoisotopic (exact) mass is 378 g/mol. The maximum absolute atomic E-state index is 12.2. The summed E-state index contributed by atoms with van der Waals surface area (Å²) in [6.45, 7) is 3.73. The standard InChI is InChI=1S/C12H15BrN2O3S2/c1-2-14-7-10-5-11(12(13)19-10)20(16,17)15-6-9-3-4-18-8-9/h3-5,8,14-15H,2,6-7H2,1H3. The van der Waals surface area contributed by atoms with Crippen molar-refractivity contribution in [2.75, 3.05) is 6.54 Å². The summed E-state index contributed by atoms with van der Waals surface area (Å²) in [6, 6.07) is 3.41. The average Bonchev–Trinajstić information content (AvgIpc) is 3.03. The summed E-state index contributed by atoms with van der Waals surface area (Å²) in [5.41, 5.74) is 0.785. The third-order valence-corrected chi connectivity index (χ3v) is 6.24. The molecule has 0 radical (unpaired) electrons. The number of hydrogen-bond donors (Lipinski definition) is 2. The maximum Gasteiger partial charge on any atom is 0.242 e. The molecule has 2 rings (SSSR count). The van der Waals surface area contributed by atoms with Gasteiger partial charge in [-0.1, -0.05) is 6.92 Å². The Morgan fingerprint density at radius 1 is 1.40 bits per heavy atom. The van der Waals surface area contributed by atoms with Crippen LogP contribution in [0.3, 0.4) is 0 Å². The fourth-order valence-electron chi connectivity index (χ4n) is 1.57. The van der Waals surface area contributed by atoms with E-state index >= 15 is 0 Å². The van der Waals surface area contributed by atoms with E-state index in [9.17, 15) is 8.42 Å². The highest BCUT2D eigenvalue weighted by molar-refractivity contribution is 9.11. The number of rotatable bonds is 7. The highest BCUT2D eigenvalue weighted by Gasteiger charge is 2.20. The van der Waals surface area contributed by atoms with Crippen LogP contribution in [0.2, 0.25) is 0 Å². The van der Waals surface area contributed by atoms with Crippen LogP contribution < -0.4 is 10.0 Å². The van der Waals surface area contributed by atoms with Gasteiger partial charge in [0, 0.05) is 23.5 Å². The summed E-state index contributed by atoms with van der Waals surface area (Å²) in [5, 5.41) is 3.17. The molecule has 0 aromatic carbocycles. The summed E-state index contributed by atoms with van der Waals surface area (Å²) in [6.07, 6.45) is 3.03. The summed E-state index contributed by atoms with van der Waals surface area (Å²) in [5.74, 6) is 0. The van der Waals surface area contributed by atoms with Gasteiger partial charge in [0.15, 0.2) is 0 Å². The third-order valence-electron chi connectivity index (χ3n) is 2.59. The predicted molar refractivity (Wildman–Crippen MR) is 82.1 cm³/mol. The Bertz CT molecular complexity index is 650. The first-order chi connectivity index (χ1) is 9.53. The summed E-state index contributed by atoms with van der Waals surface area (Å²) in [7, 11) is -3.53. The summed E-state index contributed by atoms with van der Waals surface area (Å²) < 4.78 is 32.6. The van der Waals surface area contributed by atoms with Crippen molar-refractivity contribution in [2.45, 2.75) is 24.9 Å². The Balaban J connectivity index is 2.10. The molecule has 2 N–H and O–H groups in total. The molecule has 0 fully saturated rings. The van der Waals surface area contributed by atoms with E-state index in [2.05, 4.69) is 26.0 Å². The van der Waals surface area contributed by atoms with Gasteiger partial charge >= 0.3 is 0 Å². The number of sulfonamides is 1. The van der Waals surface area contributed by atoms with Crippen molar-refractivity contribution in [2.24, 2.45) is 0 Å². The molecule has 0 saturated heterocycles. The number of furan rings is 1. The highest BCUT2D eigenvalue weighted by Crippen LogP contribution is 2.31. The van der Waals surface area contributed by atoms with Gasteiger partial charge in [-0.15, -0.1) is 11.3 Å². The van der Waals surface area contributed by atoms with Crippen LogP contribution in [0.15, 0.2) is 37.8 Å². The van der Waals surface area contributed by atoms with Crippen molar-refractivity contribution >= 4 is 37.3 Å². The van der Waals surface area contributed by atoms with Crippen LogP contribution >= 0.6 is 27.3 Å². The molecule has 8 heteroatoms. The fraction of sp³-hybridized carbons (Fsp3) is 0.333. The lowest BCUT2D eigenvalue weighted by atomic mass is 10.4. The molecule has 0 aliphatic rings. The Kier molecular flexibility index (Phi) is 5.39. The molecule has 0 aliphatic heterocycles. The number of hydrogen-bond acceptors (Lipinski definition) is 5. The lowest BCUT2D eigenvalue weighted by Gasteiger charge is -2.03. The zero-order valence-electron chi connectivity index (χ0n) is 10.8. The smallest absolute Gasteiger partial charge is 0.242 e. The van der Waals surface area contributed by atoms with Crippen molar-refractivity contribution in [3.8, 4) is 0 Å². The van der Waals surface area contributed by atoms with E-state index in [0.717, 1.165) is 17.0 Å². The minimum Gasteiger partial charge on any atom is -0.472 e. The molecule has 20 heavy (non-hydrogen) atoms. The Morgan fingerprint density at radius 2 is 2.20 bits per heavy atom. The van der Waals surface area contributed by atoms with E-state index in [1.165, 1.54) is 23.9 Å². The van der Waals surface area contributed by atoms with Gasteiger partial charge in [-0.3, -0.25) is 0 Å². The fourth-order valence-corrected chi connectivity index (χ4v) is 5.23. The van der Waals surface area contributed by atoms with Crippen molar-refractivity contribution in [1.29, 1.82) is 0 Å². The maximum atomic E-state index is 12.2. The molecule has 2 heterocycles. The first kappa shape index (κ1) is 15.7. The number of halogens is 1. The van der Waals surface area contributed by atoms with E-state index in [4.69, 9.17) is 4.42 Å². The van der Waals surface area contributed by atoms with Gasteiger partial charge in [0.1, 0.15) is 4.90 Å². The summed E-state index contributed by atoms with van der Waals surface area (Å²) in [4.78, 5) is 1.25. The van der Waals surface area contributed by atoms with Gasteiger partial charge < -0.3 is 9.73 Å².